The van der Waals surface area contributed by atoms with E-state index < -0.39 is 6.04 Å². The molecule has 0 saturated carbocycles. The highest BCUT2D eigenvalue weighted by Crippen LogP contribution is 2.28. The number of para-hydroxylation sites is 1. The van der Waals surface area contributed by atoms with Crippen LogP contribution in [0.15, 0.2) is 59.1 Å². The molecule has 1 heterocycles. The number of nitrogens with zero attached hydrogens (tertiary/aromatic N) is 1. The third kappa shape index (κ3) is 4.16. The highest BCUT2D eigenvalue weighted by atomic mass is 79.9. The van der Waals surface area contributed by atoms with Crippen LogP contribution in [0, 0.1) is 0 Å². The van der Waals surface area contributed by atoms with Gasteiger partial charge in [-0.1, -0.05) is 42.5 Å². The number of hydrogen-bond acceptors (Lipinski definition) is 3. The van der Waals surface area contributed by atoms with E-state index in [0.29, 0.717) is 6.42 Å². The lowest BCUT2D eigenvalue weighted by Crippen LogP contribution is -2.47. The van der Waals surface area contributed by atoms with Gasteiger partial charge in [-0.25, -0.2) is 0 Å². The number of hydrogen-bond donors (Lipinski definition) is 2. The number of halogens is 1. The van der Waals surface area contributed by atoms with Gasteiger partial charge in [0, 0.05) is 23.6 Å². The molecule has 1 aliphatic heterocycles. The number of amides is 1. The van der Waals surface area contributed by atoms with E-state index in [2.05, 4.69) is 32.2 Å². The Kier molecular flexibility index (Phi) is 5.53. The van der Waals surface area contributed by atoms with Gasteiger partial charge in [0.05, 0.1) is 11.7 Å². The van der Waals surface area contributed by atoms with Gasteiger partial charge in [0.25, 0.3) is 0 Å². The van der Waals surface area contributed by atoms with Gasteiger partial charge in [0.2, 0.25) is 5.91 Å². The molecule has 0 aliphatic carbocycles. The van der Waals surface area contributed by atoms with Gasteiger partial charge >= 0.3 is 0 Å². The Bertz CT molecular complexity index is 692. The van der Waals surface area contributed by atoms with Crippen molar-refractivity contribution in [3.05, 3.63) is 64.6 Å². The highest BCUT2D eigenvalue weighted by Gasteiger charge is 2.26. The summed E-state index contributed by atoms with van der Waals surface area (Å²) in [4.78, 5) is 14.6. The highest BCUT2D eigenvalue weighted by molar-refractivity contribution is 9.10. The molecule has 0 spiro atoms. The predicted molar refractivity (Wildman–Crippen MR) is 101 cm³/mol. The maximum absolute atomic E-state index is 12.3. The third-order valence-electron chi connectivity index (χ3n) is 4.36. The van der Waals surface area contributed by atoms with E-state index in [9.17, 15) is 4.79 Å². The molecule has 2 aromatic rings. The van der Waals surface area contributed by atoms with E-state index in [1.165, 1.54) is 5.69 Å². The standard InChI is InChI=1S/C19H22BrN3O/c20-16-8-4-5-9-18(16)23-11-10-15(13-23)22-19(24)17(21)12-14-6-2-1-3-7-14/h1-9,15,17H,10-13,21H2,(H,22,24). The van der Waals surface area contributed by atoms with Crippen LogP contribution in [0.4, 0.5) is 5.69 Å². The average molecular weight is 388 g/mol. The van der Waals surface area contributed by atoms with Gasteiger partial charge in [0.1, 0.15) is 0 Å². The Morgan fingerprint density at radius 2 is 1.92 bits per heavy atom. The monoisotopic (exact) mass is 387 g/mol. The zero-order valence-corrected chi connectivity index (χ0v) is 15.1. The van der Waals surface area contributed by atoms with Crippen molar-refractivity contribution in [3.8, 4) is 0 Å². The summed E-state index contributed by atoms with van der Waals surface area (Å²) in [6.07, 6.45) is 1.50. The predicted octanol–water partition coefficient (Wildman–Crippen LogP) is 2.71. The van der Waals surface area contributed by atoms with Crippen molar-refractivity contribution in [2.45, 2.75) is 24.9 Å². The van der Waals surface area contributed by atoms with Crippen molar-refractivity contribution in [3.63, 3.8) is 0 Å². The molecule has 2 atom stereocenters. The summed E-state index contributed by atoms with van der Waals surface area (Å²) in [5.41, 5.74) is 8.32. The topological polar surface area (TPSA) is 58.4 Å². The summed E-state index contributed by atoms with van der Waals surface area (Å²) in [7, 11) is 0. The summed E-state index contributed by atoms with van der Waals surface area (Å²) < 4.78 is 1.08. The molecule has 5 heteroatoms. The summed E-state index contributed by atoms with van der Waals surface area (Å²) in [5.74, 6) is -0.0715. The van der Waals surface area contributed by atoms with Crippen LogP contribution < -0.4 is 16.0 Å². The van der Waals surface area contributed by atoms with Crippen molar-refractivity contribution >= 4 is 27.5 Å². The number of carbonyl (C=O) groups excluding carboxylic acids is 1. The second-order valence-electron chi connectivity index (χ2n) is 6.19. The Morgan fingerprint density at radius 3 is 2.67 bits per heavy atom. The molecule has 126 valence electrons. The summed E-state index contributed by atoms with van der Waals surface area (Å²) in [5, 5.41) is 3.10. The van der Waals surface area contributed by atoms with Crippen molar-refractivity contribution < 1.29 is 4.79 Å². The maximum atomic E-state index is 12.3. The van der Waals surface area contributed by atoms with E-state index >= 15 is 0 Å². The minimum absolute atomic E-state index is 0.0715. The average Bonchev–Trinajstić information content (AvgIpc) is 3.04. The van der Waals surface area contributed by atoms with Crippen LogP contribution in [0.3, 0.4) is 0 Å². The van der Waals surface area contributed by atoms with Crippen LogP contribution in [-0.2, 0) is 11.2 Å². The van der Waals surface area contributed by atoms with Crippen LogP contribution in [0.5, 0.6) is 0 Å². The first-order valence-corrected chi connectivity index (χ1v) is 9.02. The fraction of sp³-hybridized carbons (Fsp3) is 0.316. The zero-order chi connectivity index (χ0) is 16.9. The molecule has 2 aromatic carbocycles. The van der Waals surface area contributed by atoms with Crippen LogP contribution in [-0.4, -0.2) is 31.1 Å². The van der Waals surface area contributed by atoms with Crippen molar-refractivity contribution in [1.82, 2.24) is 5.32 Å². The fourth-order valence-electron chi connectivity index (χ4n) is 3.07. The molecule has 0 radical (unpaired) electrons. The quantitative estimate of drug-likeness (QED) is 0.828. The lowest BCUT2D eigenvalue weighted by Gasteiger charge is -2.21. The van der Waals surface area contributed by atoms with Gasteiger partial charge in [-0.2, -0.15) is 0 Å². The molecule has 1 amide bonds. The minimum atomic E-state index is -0.509. The van der Waals surface area contributed by atoms with Crippen molar-refractivity contribution in [2.75, 3.05) is 18.0 Å². The van der Waals surface area contributed by atoms with E-state index in [4.69, 9.17) is 5.73 Å². The molecule has 0 aromatic heterocycles. The maximum Gasteiger partial charge on any atom is 0.237 e. The lowest BCUT2D eigenvalue weighted by atomic mass is 10.1. The number of nitrogens with two attached hydrogens (primary N) is 1. The van der Waals surface area contributed by atoms with Gasteiger partial charge in [0.15, 0.2) is 0 Å². The smallest absolute Gasteiger partial charge is 0.237 e. The largest absolute Gasteiger partial charge is 0.368 e. The van der Waals surface area contributed by atoms with Crippen molar-refractivity contribution in [1.29, 1.82) is 0 Å². The van der Waals surface area contributed by atoms with Crippen LogP contribution in [0.2, 0.25) is 0 Å². The molecule has 0 bridgehead atoms. The number of benzene rings is 2. The number of rotatable bonds is 5. The molecule has 1 saturated heterocycles. The summed E-state index contributed by atoms with van der Waals surface area (Å²) in [6, 6.07) is 17.7. The first-order valence-electron chi connectivity index (χ1n) is 8.23. The normalized spacial score (nSPS) is 18.4. The molecule has 24 heavy (non-hydrogen) atoms. The lowest BCUT2D eigenvalue weighted by molar-refractivity contribution is -0.122. The van der Waals surface area contributed by atoms with E-state index in [1.54, 1.807) is 0 Å². The first-order chi connectivity index (χ1) is 11.6. The number of anilines is 1. The third-order valence-corrected chi connectivity index (χ3v) is 5.03. The van der Waals surface area contributed by atoms with Crippen molar-refractivity contribution in [2.24, 2.45) is 5.73 Å². The molecule has 2 unspecified atom stereocenters. The SMILES string of the molecule is NC(Cc1ccccc1)C(=O)NC1CCN(c2ccccc2Br)C1. The van der Waals surface area contributed by atoms with Crippen LogP contribution in [0.25, 0.3) is 0 Å². The van der Waals surface area contributed by atoms with Gasteiger partial charge < -0.3 is 16.0 Å². The molecule has 3 N–H and O–H groups in total. The van der Waals surface area contributed by atoms with Crippen LogP contribution in [0.1, 0.15) is 12.0 Å². The van der Waals surface area contributed by atoms with Gasteiger partial charge in [-0.05, 0) is 46.5 Å². The molecular weight excluding hydrogens is 366 g/mol. The van der Waals surface area contributed by atoms with Crippen LogP contribution >= 0.6 is 15.9 Å². The summed E-state index contributed by atoms with van der Waals surface area (Å²) >= 11 is 3.59. The molecule has 1 aliphatic rings. The van der Waals surface area contributed by atoms with E-state index in [1.807, 2.05) is 48.5 Å². The molecule has 4 nitrogen and oxygen atoms in total. The zero-order valence-electron chi connectivity index (χ0n) is 13.5. The molecular formula is C19H22BrN3O. The Labute approximate surface area is 151 Å². The van der Waals surface area contributed by atoms with Gasteiger partial charge in [-0.15, -0.1) is 0 Å². The van der Waals surface area contributed by atoms with E-state index in [0.717, 1.165) is 29.5 Å². The Morgan fingerprint density at radius 1 is 1.21 bits per heavy atom. The number of nitrogens with one attached hydrogen (secondary N) is 1. The Hall–Kier alpha value is -1.85. The summed E-state index contributed by atoms with van der Waals surface area (Å²) in [6.45, 7) is 1.74. The Balaban J connectivity index is 1.53. The minimum Gasteiger partial charge on any atom is -0.368 e. The fourth-order valence-corrected chi connectivity index (χ4v) is 3.61. The first kappa shape index (κ1) is 17.0. The van der Waals surface area contributed by atoms with E-state index in [-0.39, 0.29) is 11.9 Å². The second-order valence-corrected chi connectivity index (χ2v) is 7.04. The number of carbonyl (C=O) groups is 1. The molecule has 1 fully saturated rings. The van der Waals surface area contributed by atoms with Gasteiger partial charge in [-0.3, -0.25) is 4.79 Å². The second kappa shape index (κ2) is 7.81. The molecule has 3 rings (SSSR count).